The quantitative estimate of drug-likeness (QED) is 0.744. The SMILES string of the molecule is NC(=O)c1cccc(C2CCNCC2)n1. The number of carbonyl (C=O) groups is 1. The van der Waals surface area contributed by atoms with Gasteiger partial charge in [-0.1, -0.05) is 6.07 Å². The average molecular weight is 205 g/mol. The number of amides is 1. The molecule has 0 saturated carbocycles. The van der Waals surface area contributed by atoms with Crippen LogP contribution >= 0.6 is 0 Å². The van der Waals surface area contributed by atoms with Gasteiger partial charge >= 0.3 is 0 Å². The van der Waals surface area contributed by atoms with Crippen molar-refractivity contribution in [1.82, 2.24) is 10.3 Å². The van der Waals surface area contributed by atoms with Crippen molar-refractivity contribution in [3.63, 3.8) is 0 Å². The van der Waals surface area contributed by atoms with Crippen LogP contribution in [0.25, 0.3) is 0 Å². The molecular weight excluding hydrogens is 190 g/mol. The Bertz CT molecular complexity index is 359. The Kier molecular flexibility index (Phi) is 2.97. The van der Waals surface area contributed by atoms with Crippen LogP contribution in [0.4, 0.5) is 0 Å². The highest BCUT2D eigenvalue weighted by Gasteiger charge is 2.17. The van der Waals surface area contributed by atoms with E-state index >= 15 is 0 Å². The van der Waals surface area contributed by atoms with E-state index in [1.165, 1.54) is 0 Å². The van der Waals surface area contributed by atoms with Gasteiger partial charge in [-0.3, -0.25) is 4.79 Å². The highest BCUT2D eigenvalue weighted by molar-refractivity contribution is 5.90. The van der Waals surface area contributed by atoms with Gasteiger partial charge in [-0.15, -0.1) is 0 Å². The summed E-state index contributed by atoms with van der Waals surface area (Å²) >= 11 is 0. The second kappa shape index (κ2) is 4.40. The van der Waals surface area contributed by atoms with Gasteiger partial charge < -0.3 is 11.1 Å². The maximum Gasteiger partial charge on any atom is 0.267 e. The van der Waals surface area contributed by atoms with Crippen LogP contribution < -0.4 is 11.1 Å². The molecule has 1 aliphatic heterocycles. The zero-order chi connectivity index (χ0) is 10.7. The molecule has 1 aromatic heterocycles. The van der Waals surface area contributed by atoms with Gasteiger partial charge in [0.15, 0.2) is 0 Å². The minimum atomic E-state index is -0.453. The van der Waals surface area contributed by atoms with E-state index in [2.05, 4.69) is 10.3 Å². The molecule has 0 spiro atoms. The number of nitrogens with one attached hydrogen (secondary N) is 1. The largest absolute Gasteiger partial charge is 0.364 e. The molecule has 0 radical (unpaired) electrons. The molecule has 0 aliphatic carbocycles. The minimum absolute atomic E-state index is 0.367. The normalized spacial score (nSPS) is 17.6. The van der Waals surface area contributed by atoms with Crippen molar-refractivity contribution in [2.45, 2.75) is 18.8 Å². The van der Waals surface area contributed by atoms with E-state index in [1.54, 1.807) is 6.07 Å². The first-order valence-corrected chi connectivity index (χ1v) is 5.25. The number of nitrogens with zero attached hydrogens (tertiary/aromatic N) is 1. The van der Waals surface area contributed by atoms with Crippen LogP contribution in [0.3, 0.4) is 0 Å². The van der Waals surface area contributed by atoms with E-state index in [9.17, 15) is 4.79 Å². The molecule has 80 valence electrons. The van der Waals surface area contributed by atoms with Crippen LogP contribution in [0.5, 0.6) is 0 Å². The fourth-order valence-electron chi connectivity index (χ4n) is 1.93. The van der Waals surface area contributed by atoms with Crippen molar-refractivity contribution in [3.8, 4) is 0 Å². The Morgan fingerprint density at radius 2 is 2.13 bits per heavy atom. The van der Waals surface area contributed by atoms with Gasteiger partial charge in [0.2, 0.25) is 0 Å². The van der Waals surface area contributed by atoms with Crippen molar-refractivity contribution >= 4 is 5.91 Å². The number of hydrogen-bond donors (Lipinski definition) is 2. The third-order valence-electron chi connectivity index (χ3n) is 2.78. The number of primary amides is 1. The van der Waals surface area contributed by atoms with E-state index in [-0.39, 0.29) is 0 Å². The second-order valence-electron chi connectivity index (χ2n) is 3.84. The molecule has 0 aromatic carbocycles. The highest BCUT2D eigenvalue weighted by atomic mass is 16.1. The van der Waals surface area contributed by atoms with Crippen molar-refractivity contribution in [2.24, 2.45) is 5.73 Å². The lowest BCUT2D eigenvalue weighted by Crippen LogP contribution is -2.27. The summed E-state index contributed by atoms with van der Waals surface area (Å²) in [4.78, 5) is 15.3. The van der Waals surface area contributed by atoms with Gasteiger partial charge in [-0.05, 0) is 38.1 Å². The number of hydrogen-bond acceptors (Lipinski definition) is 3. The smallest absolute Gasteiger partial charge is 0.267 e. The fraction of sp³-hybridized carbons (Fsp3) is 0.455. The van der Waals surface area contributed by atoms with Crippen molar-refractivity contribution in [2.75, 3.05) is 13.1 Å². The summed E-state index contributed by atoms with van der Waals surface area (Å²) in [5.74, 6) is 0.0105. The molecule has 2 rings (SSSR count). The van der Waals surface area contributed by atoms with Gasteiger partial charge in [0.05, 0.1) is 0 Å². The molecular formula is C11H15N3O. The fourth-order valence-corrected chi connectivity index (χ4v) is 1.93. The van der Waals surface area contributed by atoms with Crippen LogP contribution in [0.15, 0.2) is 18.2 Å². The van der Waals surface area contributed by atoms with Gasteiger partial charge in [-0.2, -0.15) is 0 Å². The summed E-state index contributed by atoms with van der Waals surface area (Å²) in [6.45, 7) is 2.04. The Morgan fingerprint density at radius 3 is 2.80 bits per heavy atom. The van der Waals surface area contributed by atoms with E-state index < -0.39 is 5.91 Å². The van der Waals surface area contributed by atoms with Gasteiger partial charge in [-0.25, -0.2) is 4.98 Å². The molecule has 1 fully saturated rings. The molecule has 2 heterocycles. The third-order valence-corrected chi connectivity index (χ3v) is 2.78. The minimum Gasteiger partial charge on any atom is -0.364 e. The van der Waals surface area contributed by atoms with E-state index in [4.69, 9.17) is 5.73 Å². The lowest BCUT2D eigenvalue weighted by atomic mass is 9.94. The van der Waals surface area contributed by atoms with Crippen molar-refractivity contribution < 1.29 is 4.79 Å². The van der Waals surface area contributed by atoms with Gasteiger partial charge in [0, 0.05) is 11.6 Å². The molecule has 4 nitrogen and oxygen atoms in total. The predicted octanol–water partition coefficient (Wildman–Crippen LogP) is 0.647. The monoisotopic (exact) mass is 205 g/mol. The van der Waals surface area contributed by atoms with E-state index in [0.29, 0.717) is 11.6 Å². The highest BCUT2D eigenvalue weighted by Crippen LogP contribution is 2.23. The Morgan fingerprint density at radius 1 is 1.40 bits per heavy atom. The van der Waals surface area contributed by atoms with Crippen LogP contribution in [-0.4, -0.2) is 24.0 Å². The van der Waals surface area contributed by atoms with Crippen molar-refractivity contribution in [1.29, 1.82) is 0 Å². The first kappa shape index (κ1) is 10.1. The number of piperidine rings is 1. The lowest BCUT2D eigenvalue weighted by Gasteiger charge is -2.22. The summed E-state index contributed by atoms with van der Waals surface area (Å²) < 4.78 is 0. The summed E-state index contributed by atoms with van der Waals surface area (Å²) in [7, 11) is 0. The van der Waals surface area contributed by atoms with E-state index in [1.807, 2.05) is 12.1 Å². The molecule has 1 amide bonds. The zero-order valence-corrected chi connectivity index (χ0v) is 8.57. The Balaban J connectivity index is 2.19. The molecule has 15 heavy (non-hydrogen) atoms. The average Bonchev–Trinajstić information content (AvgIpc) is 2.30. The first-order chi connectivity index (χ1) is 7.27. The molecule has 0 unspecified atom stereocenters. The maximum absolute atomic E-state index is 11.0. The summed E-state index contributed by atoms with van der Waals surface area (Å²) in [5.41, 5.74) is 6.56. The molecule has 0 atom stereocenters. The number of rotatable bonds is 2. The standard InChI is InChI=1S/C11H15N3O/c12-11(15)10-3-1-2-9(14-10)8-4-6-13-7-5-8/h1-3,8,13H,4-7H2,(H2,12,15). The topological polar surface area (TPSA) is 68.0 Å². The molecule has 1 saturated heterocycles. The van der Waals surface area contributed by atoms with Gasteiger partial charge in [0.25, 0.3) is 5.91 Å². The van der Waals surface area contributed by atoms with Gasteiger partial charge in [0.1, 0.15) is 5.69 Å². The lowest BCUT2D eigenvalue weighted by molar-refractivity contribution is 0.0995. The molecule has 4 heteroatoms. The van der Waals surface area contributed by atoms with Crippen molar-refractivity contribution in [3.05, 3.63) is 29.6 Å². The van der Waals surface area contributed by atoms with Crippen LogP contribution in [0.1, 0.15) is 34.9 Å². The van der Waals surface area contributed by atoms with Crippen LogP contribution in [0, 0.1) is 0 Å². The Labute approximate surface area is 88.9 Å². The van der Waals surface area contributed by atoms with Crippen LogP contribution in [-0.2, 0) is 0 Å². The number of pyridine rings is 1. The predicted molar refractivity (Wildman–Crippen MR) is 57.6 cm³/mol. The maximum atomic E-state index is 11.0. The first-order valence-electron chi connectivity index (χ1n) is 5.25. The molecule has 3 N–H and O–H groups in total. The number of carbonyl (C=O) groups excluding carboxylic acids is 1. The number of aromatic nitrogens is 1. The summed E-state index contributed by atoms with van der Waals surface area (Å²) in [6.07, 6.45) is 2.16. The molecule has 1 aliphatic rings. The zero-order valence-electron chi connectivity index (χ0n) is 8.57. The van der Waals surface area contributed by atoms with Crippen LogP contribution in [0.2, 0.25) is 0 Å². The molecule has 0 bridgehead atoms. The van der Waals surface area contributed by atoms with E-state index in [0.717, 1.165) is 31.6 Å². The second-order valence-corrected chi connectivity index (χ2v) is 3.84. The molecule has 1 aromatic rings. The number of nitrogens with two attached hydrogens (primary N) is 1. The summed E-state index contributed by atoms with van der Waals surface area (Å²) in [6, 6.07) is 5.49. The Hall–Kier alpha value is -1.42. The summed E-state index contributed by atoms with van der Waals surface area (Å²) in [5, 5.41) is 3.30. The third kappa shape index (κ3) is 2.33.